The normalized spacial score (nSPS) is 11.4. The van der Waals surface area contributed by atoms with Crippen LogP contribution < -0.4 is 5.32 Å². The number of hydrogen-bond acceptors (Lipinski definition) is 8. The summed E-state index contributed by atoms with van der Waals surface area (Å²) < 4.78 is 0. The lowest BCUT2D eigenvalue weighted by Gasteiger charge is -2.22. The maximum atomic E-state index is 12.0. The van der Waals surface area contributed by atoms with Gasteiger partial charge in [-0.3, -0.25) is 20.2 Å². The molecule has 0 bridgehead atoms. The van der Waals surface area contributed by atoms with Gasteiger partial charge >= 0.3 is 0 Å². The molecular weight excluding hydrogens is 420 g/mol. The molecule has 162 valence electrons. The van der Waals surface area contributed by atoms with Crippen molar-refractivity contribution in [2.24, 2.45) is 0 Å². The molecule has 9 nitrogen and oxygen atoms in total. The lowest BCUT2D eigenvalue weighted by Crippen LogP contribution is -2.19. The van der Waals surface area contributed by atoms with Crippen LogP contribution in [0.2, 0.25) is 0 Å². The molecule has 0 saturated carbocycles. The van der Waals surface area contributed by atoms with Crippen molar-refractivity contribution < 1.29 is 15.0 Å². The Morgan fingerprint density at radius 2 is 1.65 bits per heavy atom. The number of phenolic OH excluding ortho intramolecular Hbond substituents is 1. The molecule has 0 fully saturated rings. The topological polar surface area (TPSA) is 131 Å². The SMILES string of the molecule is Cc1c(-c2csc(Nc3cccc(O)c3)n2)c(C)c([N+](=O)[O-])c(C(C)(C)C)c1[N+](=O)[O-]. The van der Waals surface area contributed by atoms with E-state index in [1.54, 1.807) is 58.2 Å². The van der Waals surface area contributed by atoms with Crippen LogP contribution in [0.4, 0.5) is 22.2 Å². The standard InChI is InChI=1S/C21H22N4O5S/c1-11-16(15-10-31-20(23-15)22-13-7-6-8-14(26)9-13)12(2)19(25(29)30)17(21(3,4)5)18(11)24(27)28/h6-10,26H,1-5H3,(H,22,23). The van der Waals surface area contributed by atoms with Crippen LogP contribution in [0.15, 0.2) is 29.6 Å². The minimum absolute atomic E-state index is 0.0949. The monoisotopic (exact) mass is 442 g/mol. The average Bonchev–Trinajstić information content (AvgIpc) is 3.07. The number of phenols is 1. The summed E-state index contributed by atoms with van der Waals surface area (Å²) in [5.41, 5.74) is 0.887. The van der Waals surface area contributed by atoms with E-state index in [1.807, 2.05) is 0 Å². The van der Waals surface area contributed by atoms with E-state index in [1.165, 1.54) is 17.4 Å². The van der Waals surface area contributed by atoms with Crippen LogP contribution in [0, 0.1) is 34.1 Å². The number of hydrogen-bond donors (Lipinski definition) is 2. The fourth-order valence-corrected chi connectivity index (χ4v) is 4.43. The lowest BCUT2D eigenvalue weighted by molar-refractivity contribution is -0.396. The largest absolute Gasteiger partial charge is 0.508 e. The number of thiazole rings is 1. The Labute approximate surface area is 182 Å². The highest BCUT2D eigenvalue weighted by molar-refractivity contribution is 7.14. The second-order valence-electron chi connectivity index (χ2n) is 8.17. The van der Waals surface area contributed by atoms with Crippen molar-refractivity contribution in [1.29, 1.82) is 0 Å². The van der Waals surface area contributed by atoms with Gasteiger partial charge in [0.2, 0.25) is 0 Å². The van der Waals surface area contributed by atoms with Crippen LogP contribution in [-0.2, 0) is 5.41 Å². The highest BCUT2D eigenvalue weighted by atomic mass is 32.1. The number of nitro benzene ring substituents is 2. The number of benzene rings is 2. The summed E-state index contributed by atoms with van der Waals surface area (Å²) in [7, 11) is 0. The van der Waals surface area contributed by atoms with E-state index in [4.69, 9.17) is 0 Å². The second-order valence-corrected chi connectivity index (χ2v) is 9.03. The third-order valence-corrected chi connectivity index (χ3v) is 5.66. The molecule has 0 radical (unpaired) electrons. The van der Waals surface area contributed by atoms with E-state index in [0.717, 1.165) is 0 Å². The number of nitrogens with one attached hydrogen (secondary N) is 1. The summed E-state index contributed by atoms with van der Waals surface area (Å²) >= 11 is 1.26. The number of aromatic nitrogens is 1. The number of aromatic hydroxyl groups is 1. The van der Waals surface area contributed by atoms with E-state index in [-0.39, 0.29) is 22.7 Å². The van der Waals surface area contributed by atoms with Crippen molar-refractivity contribution in [3.8, 4) is 17.0 Å². The van der Waals surface area contributed by atoms with Crippen molar-refractivity contribution in [1.82, 2.24) is 4.98 Å². The molecule has 10 heteroatoms. The van der Waals surface area contributed by atoms with Crippen LogP contribution in [0.3, 0.4) is 0 Å². The quantitative estimate of drug-likeness (QED) is 0.366. The molecule has 0 unspecified atom stereocenters. The Bertz CT molecular complexity index is 1160. The van der Waals surface area contributed by atoms with Crippen molar-refractivity contribution in [2.75, 3.05) is 5.32 Å². The Kier molecular flexibility index (Phi) is 5.68. The van der Waals surface area contributed by atoms with E-state index < -0.39 is 15.3 Å². The van der Waals surface area contributed by atoms with Gasteiger partial charge in [-0.1, -0.05) is 26.8 Å². The first-order valence-electron chi connectivity index (χ1n) is 9.40. The smallest absolute Gasteiger partial charge is 0.283 e. The molecular formula is C21H22N4O5S. The van der Waals surface area contributed by atoms with E-state index in [9.17, 15) is 25.3 Å². The maximum absolute atomic E-state index is 12.0. The zero-order valence-electron chi connectivity index (χ0n) is 17.7. The van der Waals surface area contributed by atoms with E-state index in [2.05, 4.69) is 10.3 Å². The zero-order valence-corrected chi connectivity index (χ0v) is 18.5. The van der Waals surface area contributed by atoms with Gasteiger partial charge in [-0.15, -0.1) is 11.3 Å². The van der Waals surface area contributed by atoms with Gasteiger partial charge < -0.3 is 10.4 Å². The van der Waals surface area contributed by atoms with Crippen LogP contribution in [0.1, 0.15) is 37.5 Å². The Morgan fingerprint density at radius 1 is 1.06 bits per heavy atom. The minimum atomic E-state index is -0.803. The average molecular weight is 442 g/mol. The van der Waals surface area contributed by atoms with Crippen LogP contribution >= 0.6 is 11.3 Å². The first kappa shape index (κ1) is 22.2. The summed E-state index contributed by atoms with van der Waals surface area (Å²) in [5, 5.41) is 38.8. The van der Waals surface area contributed by atoms with Crippen molar-refractivity contribution in [2.45, 2.75) is 40.0 Å². The zero-order chi connectivity index (χ0) is 23.1. The molecule has 3 rings (SSSR count). The fraction of sp³-hybridized carbons (Fsp3) is 0.286. The summed E-state index contributed by atoms with van der Waals surface area (Å²) in [6.45, 7) is 8.37. The molecule has 0 spiro atoms. The molecule has 0 saturated heterocycles. The third-order valence-electron chi connectivity index (χ3n) is 4.91. The molecule has 0 amide bonds. The van der Waals surface area contributed by atoms with Gasteiger partial charge in [0, 0.05) is 39.2 Å². The third kappa shape index (κ3) is 4.19. The van der Waals surface area contributed by atoms with E-state index in [0.29, 0.717) is 33.2 Å². The van der Waals surface area contributed by atoms with Crippen molar-refractivity contribution >= 4 is 33.5 Å². The van der Waals surface area contributed by atoms with Gasteiger partial charge in [-0.25, -0.2) is 4.98 Å². The highest BCUT2D eigenvalue weighted by Crippen LogP contribution is 2.47. The van der Waals surface area contributed by atoms with Gasteiger partial charge in [0.15, 0.2) is 5.13 Å². The number of rotatable bonds is 5. The van der Waals surface area contributed by atoms with Gasteiger partial charge in [-0.2, -0.15) is 0 Å². The van der Waals surface area contributed by atoms with Gasteiger partial charge in [0.25, 0.3) is 11.4 Å². The fourth-order valence-electron chi connectivity index (χ4n) is 3.71. The highest BCUT2D eigenvalue weighted by Gasteiger charge is 2.39. The Balaban J connectivity index is 2.22. The molecule has 3 aromatic rings. The molecule has 0 aliphatic rings. The number of nitro groups is 2. The van der Waals surface area contributed by atoms with E-state index >= 15 is 0 Å². The van der Waals surface area contributed by atoms with Gasteiger partial charge in [-0.05, 0) is 26.0 Å². The summed E-state index contributed by atoms with van der Waals surface area (Å²) in [5.74, 6) is 0.0949. The van der Waals surface area contributed by atoms with Gasteiger partial charge in [0.1, 0.15) is 11.3 Å². The Morgan fingerprint density at radius 3 is 2.13 bits per heavy atom. The summed E-state index contributed by atoms with van der Waals surface area (Å²) in [4.78, 5) is 27.3. The number of anilines is 2. The predicted octanol–water partition coefficient (Wildman–Crippen LogP) is 5.99. The van der Waals surface area contributed by atoms with Gasteiger partial charge in [0.05, 0.1) is 15.5 Å². The minimum Gasteiger partial charge on any atom is -0.508 e. The summed E-state index contributed by atoms with van der Waals surface area (Å²) in [6, 6.07) is 6.51. The van der Waals surface area contributed by atoms with Crippen LogP contribution in [0.25, 0.3) is 11.3 Å². The predicted molar refractivity (Wildman–Crippen MR) is 120 cm³/mol. The van der Waals surface area contributed by atoms with Crippen molar-refractivity contribution in [3.63, 3.8) is 0 Å². The molecule has 2 N–H and O–H groups in total. The summed E-state index contributed by atoms with van der Waals surface area (Å²) in [6.07, 6.45) is 0. The first-order valence-corrected chi connectivity index (χ1v) is 10.3. The van der Waals surface area contributed by atoms with Crippen molar-refractivity contribution in [3.05, 3.63) is 66.6 Å². The molecule has 0 aliphatic heterocycles. The molecule has 0 aliphatic carbocycles. The molecule has 0 atom stereocenters. The lowest BCUT2D eigenvalue weighted by atomic mass is 9.80. The number of nitrogens with zero attached hydrogens (tertiary/aromatic N) is 3. The Hall–Kier alpha value is -3.53. The molecule has 1 heterocycles. The van der Waals surface area contributed by atoms with Crippen LogP contribution in [-0.4, -0.2) is 19.9 Å². The molecule has 2 aromatic carbocycles. The molecule has 31 heavy (non-hydrogen) atoms. The van der Waals surface area contributed by atoms with Crippen LogP contribution in [0.5, 0.6) is 5.75 Å². The maximum Gasteiger partial charge on any atom is 0.283 e. The second kappa shape index (κ2) is 7.95. The first-order chi connectivity index (χ1) is 14.4. The molecule has 1 aromatic heterocycles.